The molecule has 0 fully saturated rings. The highest BCUT2D eigenvalue weighted by atomic mass is 32.2. The normalized spacial score (nSPS) is 19.0. The molecule has 2 N–H and O–H groups in total. The van der Waals surface area contributed by atoms with Crippen LogP contribution in [0.1, 0.15) is 10.8 Å². The van der Waals surface area contributed by atoms with Crippen molar-refractivity contribution < 1.29 is 14.6 Å². The highest BCUT2D eigenvalue weighted by Crippen LogP contribution is 2.36. The van der Waals surface area contributed by atoms with Crippen LogP contribution >= 0.6 is 11.8 Å². The third-order valence-corrected chi connectivity index (χ3v) is 3.25. The van der Waals surface area contributed by atoms with Crippen molar-refractivity contribution in [2.24, 2.45) is 4.99 Å². The molecular weight excluding hydrogens is 240 g/mol. The first-order chi connectivity index (χ1) is 8.22. The predicted octanol–water partition coefficient (Wildman–Crippen LogP) is 1.34. The van der Waals surface area contributed by atoms with Gasteiger partial charge in [-0.15, -0.1) is 0 Å². The van der Waals surface area contributed by atoms with E-state index < -0.39 is 12.8 Å². The van der Waals surface area contributed by atoms with Gasteiger partial charge in [0.15, 0.2) is 12.0 Å². The molecule has 1 aromatic rings. The minimum Gasteiger partial charge on any atom is -0.434 e. The Labute approximate surface area is 102 Å². The summed E-state index contributed by atoms with van der Waals surface area (Å²) in [6, 6.07) is 9.30. The number of rotatable bonds is 3. The number of amidine groups is 1. The first-order valence-electron chi connectivity index (χ1n) is 4.89. The van der Waals surface area contributed by atoms with E-state index in [1.807, 2.05) is 30.3 Å². The average molecular weight is 250 g/mol. The molecule has 0 amide bonds. The van der Waals surface area contributed by atoms with Gasteiger partial charge in [-0.05, 0) is 5.56 Å². The molecule has 1 atom stereocenters. The molecule has 0 spiro atoms. The minimum atomic E-state index is -0.684. The maximum atomic E-state index is 11.6. The highest BCUT2D eigenvalue weighted by Gasteiger charge is 2.33. The van der Waals surface area contributed by atoms with Crippen molar-refractivity contribution in [1.82, 2.24) is 0 Å². The van der Waals surface area contributed by atoms with Gasteiger partial charge < -0.3 is 9.84 Å². The van der Waals surface area contributed by atoms with Crippen molar-refractivity contribution in [1.29, 1.82) is 5.41 Å². The Morgan fingerprint density at radius 3 is 2.82 bits per heavy atom. The Bertz CT molecular complexity index is 473. The third-order valence-electron chi connectivity index (χ3n) is 2.21. The number of aliphatic imine (C=N–C) groups is 1. The lowest BCUT2D eigenvalue weighted by Gasteiger charge is -2.10. The van der Waals surface area contributed by atoms with Gasteiger partial charge >= 0.3 is 5.97 Å². The molecule has 6 heteroatoms. The number of ether oxygens (including phenoxy) is 1. The van der Waals surface area contributed by atoms with Crippen molar-refractivity contribution in [2.45, 2.75) is 5.25 Å². The summed E-state index contributed by atoms with van der Waals surface area (Å²) in [7, 11) is 0. The van der Waals surface area contributed by atoms with Crippen LogP contribution in [0.2, 0.25) is 0 Å². The van der Waals surface area contributed by atoms with Crippen LogP contribution < -0.4 is 0 Å². The standard InChI is InChI=1S/C11H10N2O3S/c12-11-13-8(10(15)16-6-14)9(17-11)7-4-2-1-3-5-7/h1-5,9,12,14H,6H2. The molecule has 0 aliphatic carbocycles. The van der Waals surface area contributed by atoms with Crippen molar-refractivity contribution in [2.75, 3.05) is 6.79 Å². The minimum absolute atomic E-state index is 0.0729. The van der Waals surface area contributed by atoms with E-state index in [0.29, 0.717) is 0 Å². The molecular formula is C11H10N2O3S. The van der Waals surface area contributed by atoms with Crippen molar-refractivity contribution in [3.63, 3.8) is 0 Å². The summed E-state index contributed by atoms with van der Waals surface area (Å²) in [5.41, 5.74) is 1.04. The van der Waals surface area contributed by atoms with E-state index >= 15 is 0 Å². The zero-order valence-corrected chi connectivity index (χ0v) is 9.61. The Hall–Kier alpha value is -1.66. The molecule has 0 radical (unpaired) electrons. The second-order valence-electron chi connectivity index (χ2n) is 3.27. The van der Waals surface area contributed by atoms with Crippen LogP contribution in [0.5, 0.6) is 0 Å². The van der Waals surface area contributed by atoms with E-state index in [2.05, 4.69) is 9.73 Å². The number of benzene rings is 1. The number of nitrogens with one attached hydrogen (secondary N) is 1. The molecule has 0 aromatic heterocycles. The summed E-state index contributed by atoms with van der Waals surface area (Å²) < 4.78 is 4.50. The number of aliphatic hydroxyl groups is 1. The van der Waals surface area contributed by atoms with E-state index in [9.17, 15) is 4.79 Å². The molecule has 0 bridgehead atoms. The zero-order valence-electron chi connectivity index (χ0n) is 8.79. The molecule has 1 aliphatic heterocycles. The number of thioether (sulfide) groups is 1. The van der Waals surface area contributed by atoms with Crippen molar-refractivity contribution in [3.8, 4) is 0 Å². The molecule has 17 heavy (non-hydrogen) atoms. The molecule has 0 saturated heterocycles. The smallest absolute Gasteiger partial charge is 0.356 e. The van der Waals surface area contributed by atoms with Gasteiger partial charge in [0.05, 0.1) is 5.25 Å². The third kappa shape index (κ3) is 2.54. The van der Waals surface area contributed by atoms with E-state index in [-0.39, 0.29) is 16.1 Å². The number of carbonyl (C=O) groups is 1. The quantitative estimate of drug-likeness (QED) is 0.626. The Morgan fingerprint density at radius 2 is 2.18 bits per heavy atom. The van der Waals surface area contributed by atoms with Gasteiger partial charge in [-0.2, -0.15) is 0 Å². The van der Waals surface area contributed by atoms with Crippen molar-refractivity contribution in [3.05, 3.63) is 35.9 Å². The maximum absolute atomic E-state index is 11.6. The summed E-state index contributed by atoms with van der Waals surface area (Å²) in [6.45, 7) is -0.683. The second kappa shape index (κ2) is 5.11. The molecule has 0 saturated carbocycles. The van der Waals surface area contributed by atoms with Crippen LogP contribution in [0.15, 0.2) is 35.3 Å². The topological polar surface area (TPSA) is 82.7 Å². The van der Waals surface area contributed by atoms with Gasteiger partial charge in [0.25, 0.3) is 0 Å². The van der Waals surface area contributed by atoms with E-state index in [1.54, 1.807) is 0 Å². The molecule has 5 nitrogen and oxygen atoms in total. The molecule has 2 rings (SSSR count). The van der Waals surface area contributed by atoms with Crippen LogP contribution in [-0.4, -0.2) is 28.7 Å². The summed E-state index contributed by atoms with van der Waals surface area (Å²) in [4.78, 5) is 15.4. The van der Waals surface area contributed by atoms with Gasteiger partial charge in [-0.25, -0.2) is 9.79 Å². The number of aliphatic hydroxyl groups excluding tert-OH is 1. The lowest BCUT2D eigenvalue weighted by Crippen LogP contribution is -2.21. The van der Waals surface area contributed by atoms with Gasteiger partial charge in [0, 0.05) is 0 Å². The Morgan fingerprint density at radius 1 is 1.47 bits per heavy atom. The largest absolute Gasteiger partial charge is 0.434 e. The second-order valence-corrected chi connectivity index (χ2v) is 4.37. The lowest BCUT2D eigenvalue weighted by molar-refractivity contribution is -0.143. The summed E-state index contributed by atoms with van der Waals surface area (Å²) in [5, 5.41) is 15.8. The first kappa shape index (κ1) is 11.8. The lowest BCUT2D eigenvalue weighted by atomic mass is 10.1. The molecule has 1 aliphatic rings. The maximum Gasteiger partial charge on any atom is 0.356 e. The van der Waals surface area contributed by atoms with Crippen LogP contribution in [0.25, 0.3) is 0 Å². The van der Waals surface area contributed by atoms with Gasteiger partial charge in [-0.1, -0.05) is 42.1 Å². The summed E-state index contributed by atoms with van der Waals surface area (Å²) in [6.07, 6.45) is 0. The molecule has 1 heterocycles. The summed E-state index contributed by atoms with van der Waals surface area (Å²) in [5.74, 6) is -0.684. The van der Waals surface area contributed by atoms with E-state index in [1.165, 1.54) is 11.8 Å². The number of hydrogen-bond acceptors (Lipinski definition) is 5. The van der Waals surface area contributed by atoms with Gasteiger partial charge in [0.2, 0.25) is 0 Å². The number of nitrogens with zero attached hydrogens (tertiary/aromatic N) is 1. The Kier molecular flexibility index (Phi) is 3.55. The van der Waals surface area contributed by atoms with Crippen LogP contribution in [0.4, 0.5) is 0 Å². The predicted molar refractivity (Wildman–Crippen MR) is 65.1 cm³/mol. The fraction of sp³-hybridized carbons (Fsp3) is 0.182. The monoisotopic (exact) mass is 250 g/mol. The SMILES string of the molecule is N=C1N=C(C(=O)OCO)C(c2ccccc2)S1. The number of carbonyl (C=O) groups excluding carboxylic acids is 1. The summed E-state index contributed by atoms with van der Waals surface area (Å²) >= 11 is 1.18. The first-order valence-corrected chi connectivity index (χ1v) is 5.77. The average Bonchev–Trinajstić information content (AvgIpc) is 2.73. The van der Waals surface area contributed by atoms with Crippen LogP contribution in [-0.2, 0) is 9.53 Å². The molecule has 1 unspecified atom stereocenters. The Balaban J connectivity index is 2.27. The van der Waals surface area contributed by atoms with E-state index in [0.717, 1.165) is 5.56 Å². The van der Waals surface area contributed by atoms with Crippen LogP contribution in [0, 0.1) is 5.41 Å². The molecule has 1 aromatic carbocycles. The van der Waals surface area contributed by atoms with Gasteiger partial charge in [0.1, 0.15) is 5.71 Å². The fourth-order valence-electron chi connectivity index (χ4n) is 1.50. The zero-order chi connectivity index (χ0) is 12.3. The van der Waals surface area contributed by atoms with Gasteiger partial charge in [-0.3, -0.25) is 5.41 Å². The van der Waals surface area contributed by atoms with Crippen molar-refractivity contribution >= 4 is 28.6 Å². The highest BCUT2D eigenvalue weighted by molar-refractivity contribution is 8.15. The molecule has 88 valence electrons. The number of hydrogen-bond donors (Lipinski definition) is 2. The number of esters is 1. The van der Waals surface area contributed by atoms with Crippen LogP contribution in [0.3, 0.4) is 0 Å². The fourth-order valence-corrected chi connectivity index (χ4v) is 2.43. The van der Waals surface area contributed by atoms with E-state index in [4.69, 9.17) is 10.5 Å².